The molecule has 1 N–H and O–H groups in total. The van der Waals surface area contributed by atoms with Crippen molar-refractivity contribution in [2.45, 2.75) is 13.3 Å². The first-order valence-electron chi connectivity index (χ1n) is 12.1. The SMILES string of the molecule is CCOc1cc(/C=N\NC(=O)[C@@H]2CC(=O)N(c3ccc(Br)cc3)C2)ccc1OCC(=O)N1CCOCC1. The smallest absolute Gasteiger partial charge is 0.260 e. The number of anilines is 1. The van der Waals surface area contributed by atoms with Crippen molar-refractivity contribution in [3.63, 3.8) is 0 Å². The Balaban J connectivity index is 1.32. The Morgan fingerprint density at radius 2 is 1.89 bits per heavy atom. The minimum absolute atomic E-state index is 0.0963. The minimum Gasteiger partial charge on any atom is -0.490 e. The van der Waals surface area contributed by atoms with E-state index in [0.717, 1.165) is 10.2 Å². The summed E-state index contributed by atoms with van der Waals surface area (Å²) in [5.41, 5.74) is 3.96. The van der Waals surface area contributed by atoms with E-state index in [2.05, 4.69) is 26.5 Å². The molecule has 2 aromatic carbocycles. The number of benzene rings is 2. The van der Waals surface area contributed by atoms with Gasteiger partial charge in [-0.2, -0.15) is 5.10 Å². The van der Waals surface area contributed by atoms with Crippen LogP contribution in [0.4, 0.5) is 5.69 Å². The number of hydrazone groups is 1. The Morgan fingerprint density at radius 1 is 1.14 bits per heavy atom. The molecule has 10 nitrogen and oxygen atoms in total. The summed E-state index contributed by atoms with van der Waals surface area (Å²) in [5, 5.41) is 4.06. The Labute approximate surface area is 223 Å². The van der Waals surface area contributed by atoms with Gasteiger partial charge in [0, 0.05) is 36.2 Å². The first-order valence-corrected chi connectivity index (χ1v) is 12.9. The van der Waals surface area contributed by atoms with Gasteiger partial charge in [0.2, 0.25) is 11.8 Å². The number of morpholine rings is 1. The number of amides is 3. The highest BCUT2D eigenvalue weighted by atomic mass is 79.9. The lowest BCUT2D eigenvalue weighted by Gasteiger charge is -2.26. The topological polar surface area (TPSA) is 110 Å². The number of nitrogens with zero attached hydrogens (tertiary/aromatic N) is 3. The average Bonchev–Trinajstić information content (AvgIpc) is 3.30. The summed E-state index contributed by atoms with van der Waals surface area (Å²) in [6, 6.07) is 12.6. The van der Waals surface area contributed by atoms with Gasteiger partial charge < -0.3 is 24.0 Å². The summed E-state index contributed by atoms with van der Waals surface area (Å²) < 4.78 is 17.6. The third-order valence-electron chi connectivity index (χ3n) is 6.01. The molecular formula is C26H29BrN4O6. The lowest BCUT2D eigenvalue weighted by molar-refractivity contribution is -0.137. The number of rotatable bonds is 9. The normalized spacial score (nSPS) is 17.8. The molecule has 2 fully saturated rings. The fourth-order valence-electron chi connectivity index (χ4n) is 4.05. The fourth-order valence-corrected chi connectivity index (χ4v) is 4.32. The van der Waals surface area contributed by atoms with Crippen LogP contribution in [0.3, 0.4) is 0 Å². The predicted octanol–water partition coefficient (Wildman–Crippen LogP) is 2.59. The van der Waals surface area contributed by atoms with Gasteiger partial charge in [-0.3, -0.25) is 14.4 Å². The Kier molecular flexibility index (Phi) is 9.13. The molecule has 196 valence electrons. The Bertz CT molecular complexity index is 1150. The van der Waals surface area contributed by atoms with Crippen molar-refractivity contribution in [1.82, 2.24) is 10.3 Å². The van der Waals surface area contributed by atoms with E-state index in [1.807, 2.05) is 31.2 Å². The molecule has 0 spiro atoms. The predicted molar refractivity (Wildman–Crippen MR) is 141 cm³/mol. The molecule has 2 saturated heterocycles. The quantitative estimate of drug-likeness (QED) is 0.365. The summed E-state index contributed by atoms with van der Waals surface area (Å²) in [7, 11) is 0. The van der Waals surface area contributed by atoms with Crippen LogP contribution in [-0.4, -0.2) is 74.9 Å². The van der Waals surface area contributed by atoms with Gasteiger partial charge in [0.25, 0.3) is 5.91 Å². The molecule has 0 saturated carbocycles. The summed E-state index contributed by atoms with van der Waals surface area (Å²) >= 11 is 3.38. The first-order chi connectivity index (χ1) is 17.9. The first kappa shape index (κ1) is 26.6. The van der Waals surface area contributed by atoms with Crippen molar-refractivity contribution in [3.8, 4) is 11.5 Å². The maximum Gasteiger partial charge on any atom is 0.260 e. The lowest BCUT2D eigenvalue weighted by Crippen LogP contribution is -2.43. The van der Waals surface area contributed by atoms with Crippen LogP contribution in [0.2, 0.25) is 0 Å². The highest BCUT2D eigenvalue weighted by Gasteiger charge is 2.35. The summed E-state index contributed by atoms with van der Waals surface area (Å²) in [5.74, 6) is -0.109. The number of nitrogens with one attached hydrogen (secondary N) is 1. The molecule has 3 amide bonds. The summed E-state index contributed by atoms with van der Waals surface area (Å²) in [6.07, 6.45) is 1.62. The van der Waals surface area contributed by atoms with Gasteiger partial charge in [0.1, 0.15) is 0 Å². The molecule has 0 radical (unpaired) electrons. The van der Waals surface area contributed by atoms with E-state index >= 15 is 0 Å². The largest absolute Gasteiger partial charge is 0.490 e. The Morgan fingerprint density at radius 3 is 2.62 bits per heavy atom. The molecule has 37 heavy (non-hydrogen) atoms. The van der Waals surface area contributed by atoms with E-state index < -0.39 is 5.92 Å². The maximum atomic E-state index is 12.6. The third kappa shape index (κ3) is 7.07. The second-order valence-electron chi connectivity index (χ2n) is 8.54. The van der Waals surface area contributed by atoms with E-state index in [9.17, 15) is 14.4 Å². The van der Waals surface area contributed by atoms with Crippen LogP contribution in [0.1, 0.15) is 18.9 Å². The zero-order chi connectivity index (χ0) is 26.2. The van der Waals surface area contributed by atoms with Gasteiger partial charge in [0.15, 0.2) is 18.1 Å². The molecule has 2 aliphatic rings. The Hall–Kier alpha value is -3.44. The van der Waals surface area contributed by atoms with Crippen LogP contribution in [0.5, 0.6) is 11.5 Å². The van der Waals surface area contributed by atoms with Crippen LogP contribution in [0.25, 0.3) is 0 Å². The van der Waals surface area contributed by atoms with Crippen molar-refractivity contribution >= 4 is 45.6 Å². The third-order valence-corrected chi connectivity index (χ3v) is 6.53. The van der Waals surface area contributed by atoms with Crippen LogP contribution in [-0.2, 0) is 19.1 Å². The van der Waals surface area contributed by atoms with Gasteiger partial charge >= 0.3 is 0 Å². The molecular weight excluding hydrogens is 544 g/mol. The number of carbonyl (C=O) groups is 3. The van der Waals surface area contributed by atoms with Gasteiger partial charge in [-0.15, -0.1) is 0 Å². The highest BCUT2D eigenvalue weighted by molar-refractivity contribution is 9.10. The molecule has 2 aromatic rings. The molecule has 11 heteroatoms. The lowest BCUT2D eigenvalue weighted by atomic mass is 10.1. The molecule has 1 atom stereocenters. The number of ether oxygens (including phenoxy) is 3. The van der Waals surface area contributed by atoms with E-state index in [4.69, 9.17) is 14.2 Å². The molecule has 0 aromatic heterocycles. The molecule has 2 heterocycles. The van der Waals surface area contributed by atoms with Crippen molar-refractivity contribution in [2.24, 2.45) is 11.0 Å². The monoisotopic (exact) mass is 572 g/mol. The number of hydrogen-bond acceptors (Lipinski definition) is 7. The summed E-state index contributed by atoms with van der Waals surface area (Å²) in [6.45, 7) is 4.63. The zero-order valence-corrected chi connectivity index (χ0v) is 22.1. The van der Waals surface area contributed by atoms with E-state index in [0.29, 0.717) is 56.5 Å². The van der Waals surface area contributed by atoms with Crippen LogP contribution in [0.15, 0.2) is 52.0 Å². The van der Waals surface area contributed by atoms with Gasteiger partial charge in [-0.1, -0.05) is 15.9 Å². The number of carbonyl (C=O) groups excluding carboxylic acids is 3. The van der Waals surface area contributed by atoms with Crippen LogP contribution < -0.4 is 19.8 Å². The van der Waals surface area contributed by atoms with Crippen molar-refractivity contribution in [1.29, 1.82) is 0 Å². The van der Waals surface area contributed by atoms with Gasteiger partial charge in [-0.25, -0.2) is 5.43 Å². The fraction of sp³-hybridized carbons (Fsp3) is 0.385. The van der Waals surface area contributed by atoms with Crippen LogP contribution >= 0.6 is 15.9 Å². The van der Waals surface area contributed by atoms with E-state index in [1.54, 1.807) is 28.0 Å². The highest BCUT2D eigenvalue weighted by Crippen LogP contribution is 2.29. The zero-order valence-electron chi connectivity index (χ0n) is 20.5. The number of hydrogen-bond donors (Lipinski definition) is 1. The van der Waals surface area contributed by atoms with E-state index in [-0.39, 0.29) is 30.7 Å². The van der Waals surface area contributed by atoms with Crippen molar-refractivity contribution in [3.05, 3.63) is 52.5 Å². The van der Waals surface area contributed by atoms with E-state index in [1.165, 1.54) is 6.21 Å². The molecule has 0 aliphatic carbocycles. The maximum absolute atomic E-state index is 12.6. The minimum atomic E-state index is -0.493. The standard InChI is InChI=1S/C26H29BrN4O6/c1-2-36-23-13-18(3-8-22(23)37-17-25(33)30-9-11-35-12-10-30)15-28-29-26(34)19-14-24(32)31(16-19)21-6-4-20(27)5-7-21/h3-8,13,15,19H,2,9-12,14,16-17H2,1H3,(H,29,34)/b28-15-/t19-/m1/s1. The molecule has 4 rings (SSSR count). The number of halogens is 1. The second kappa shape index (κ2) is 12.7. The van der Waals surface area contributed by atoms with Crippen LogP contribution in [0, 0.1) is 5.92 Å². The molecule has 0 bridgehead atoms. The second-order valence-corrected chi connectivity index (χ2v) is 9.45. The van der Waals surface area contributed by atoms with Gasteiger partial charge in [0.05, 0.1) is 32.0 Å². The average molecular weight is 573 g/mol. The van der Waals surface area contributed by atoms with Gasteiger partial charge in [-0.05, 0) is 55.0 Å². The molecule has 0 unspecified atom stereocenters. The van der Waals surface area contributed by atoms with Crippen molar-refractivity contribution in [2.75, 3.05) is 51.0 Å². The molecule has 2 aliphatic heterocycles. The summed E-state index contributed by atoms with van der Waals surface area (Å²) in [4.78, 5) is 40.7. The van der Waals surface area contributed by atoms with Crippen molar-refractivity contribution < 1.29 is 28.6 Å².